The molecule has 1 N–H and O–H groups in total. The molecule has 0 aromatic heterocycles. The Labute approximate surface area is 126 Å². The summed E-state index contributed by atoms with van der Waals surface area (Å²) in [7, 11) is 0. The Bertz CT molecular complexity index is 602. The van der Waals surface area contributed by atoms with Crippen molar-refractivity contribution in [1.29, 1.82) is 0 Å². The summed E-state index contributed by atoms with van der Waals surface area (Å²) in [6, 6.07) is 6.82. The van der Waals surface area contributed by atoms with Gasteiger partial charge in [-0.3, -0.25) is 4.79 Å². The first-order valence-corrected chi connectivity index (χ1v) is 8.24. The first-order valence-electron chi connectivity index (χ1n) is 8.24. The molecular weight excluding hydrogens is 260 g/mol. The highest BCUT2D eigenvalue weighted by atomic mass is 16.4. The number of rotatable bonds is 2. The third kappa shape index (κ3) is 1.81. The van der Waals surface area contributed by atoms with Gasteiger partial charge in [-0.15, -0.1) is 0 Å². The largest absolute Gasteiger partial charge is 0.481 e. The Hall–Kier alpha value is -1.31. The van der Waals surface area contributed by atoms with Gasteiger partial charge in [0.25, 0.3) is 0 Å². The highest BCUT2D eigenvalue weighted by Crippen LogP contribution is 2.65. The van der Waals surface area contributed by atoms with Gasteiger partial charge in [-0.05, 0) is 86.3 Å². The van der Waals surface area contributed by atoms with Crippen molar-refractivity contribution < 1.29 is 9.90 Å². The fraction of sp³-hybridized carbons (Fsp3) is 0.632. The van der Waals surface area contributed by atoms with E-state index in [4.69, 9.17) is 0 Å². The topological polar surface area (TPSA) is 37.3 Å². The molecule has 0 aliphatic heterocycles. The number of benzene rings is 1. The normalized spacial score (nSPS) is 40.5. The molecule has 1 aromatic rings. The average Bonchev–Trinajstić information content (AvgIpc) is 2.40. The Morgan fingerprint density at radius 1 is 1.10 bits per heavy atom. The van der Waals surface area contributed by atoms with Crippen LogP contribution in [-0.2, 0) is 10.2 Å². The van der Waals surface area contributed by atoms with Gasteiger partial charge in [-0.25, -0.2) is 0 Å². The van der Waals surface area contributed by atoms with Crippen LogP contribution >= 0.6 is 0 Å². The summed E-state index contributed by atoms with van der Waals surface area (Å²) >= 11 is 0. The van der Waals surface area contributed by atoms with Crippen LogP contribution in [0, 0.1) is 31.1 Å². The highest BCUT2D eigenvalue weighted by Gasteiger charge is 2.61. The monoisotopic (exact) mass is 284 g/mol. The second-order valence-electron chi connectivity index (χ2n) is 8.13. The van der Waals surface area contributed by atoms with E-state index in [-0.39, 0.29) is 5.41 Å². The van der Waals surface area contributed by atoms with Crippen LogP contribution < -0.4 is 0 Å². The predicted molar refractivity (Wildman–Crippen MR) is 82.3 cm³/mol. The van der Waals surface area contributed by atoms with Crippen LogP contribution in [0.3, 0.4) is 0 Å². The van der Waals surface area contributed by atoms with Crippen molar-refractivity contribution in [3.05, 3.63) is 34.9 Å². The first kappa shape index (κ1) is 13.4. The molecule has 21 heavy (non-hydrogen) atoms. The molecule has 0 saturated heterocycles. The maximum absolute atomic E-state index is 11.9. The Kier molecular flexibility index (Phi) is 2.62. The number of carbonyl (C=O) groups is 1. The quantitative estimate of drug-likeness (QED) is 0.882. The molecule has 4 bridgehead atoms. The summed E-state index contributed by atoms with van der Waals surface area (Å²) in [5, 5.41) is 9.84. The fourth-order valence-electron chi connectivity index (χ4n) is 5.92. The Morgan fingerprint density at radius 2 is 1.76 bits per heavy atom. The maximum atomic E-state index is 11.9. The highest BCUT2D eigenvalue weighted by molar-refractivity contribution is 5.76. The molecule has 4 fully saturated rings. The molecular formula is C19H24O2. The molecule has 4 aliphatic carbocycles. The van der Waals surface area contributed by atoms with Crippen molar-refractivity contribution in [2.24, 2.45) is 17.3 Å². The van der Waals surface area contributed by atoms with Crippen LogP contribution in [0.2, 0.25) is 0 Å². The summed E-state index contributed by atoms with van der Waals surface area (Å²) in [5.41, 5.74) is 3.79. The second-order valence-corrected chi connectivity index (χ2v) is 8.13. The van der Waals surface area contributed by atoms with Gasteiger partial charge in [0.1, 0.15) is 0 Å². The molecule has 4 saturated carbocycles. The number of aliphatic carboxylic acids is 1. The Balaban J connectivity index is 1.80. The van der Waals surface area contributed by atoms with Crippen LogP contribution in [0.5, 0.6) is 0 Å². The lowest BCUT2D eigenvalue weighted by molar-refractivity contribution is -0.167. The van der Waals surface area contributed by atoms with E-state index in [9.17, 15) is 9.90 Å². The third-order valence-electron chi connectivity index (χ3n) is 6.63. The van der Waals surface area contributed by atoms with Crippen molar-refractivity contribution in [2.45, 2.75) is 57.8 Å². The van der Waals surface area contributed by atoms with Gasteiger partial charge in [0.2, 0.25) is 0 Å². The summed E-state index contributed by atoms with van der Waals surface area (Å²) in [5.74, 6) is 0.720. The zero-order valence-corrected chi connectivity index (χ0v) is 13.0. The minimum atomic E-state index is -0.537. The molecule has 4 aliphatic rings. The van der Waals surface area contributed by atoms with Crippen LogP contribution in [-0.4, -0.2) is 11.1 Å². The molecule has 0 radical (unpaired) electrons. The van der Waals surface area contributed by atoms with Crippen molar-refractivity contribution in [3.8, 4) is 0 Å². The third-order valence-corrected chi connectivity index (χ3v) is 6.63. The van der Waals surface area contributed by atoms with Crippen LogP contribution in [0.1, 0.15) is 55.2 Å². The zero-order valence-electron chi connectivity index (χ0n) is 13.0. The van der Waals surface area contributed by atoms with Crippen molar-refractivity contribution >= 4 is 5.97 Å². The van der Waals surface area contributed by atoms with E-state index in [0.29, 0.717) is 11.8 Å². The number of carboxylic acid groups (broad SMARTS) is 1. The van der Waals surface area contributed by atoms with Crippen molar-refractivity contribution in [1.82, 2.24) is 0 Å². The van der Waals surface area contributed by atoms with Gasteiger partial charge >= 0.3 is 5.97 Å². The molecule has 2 nitrogen and oxygen atoms in total. The predicted octanol–water partition coefficient (Wildman–Crippen LogP) is 4.23. The van der Waals surface area contributed by atoms with Crippen LogP contribution in [0.15, 0.2) is 18.2 Å². The van der Waals surface area contributed by atoms with Crippen molar-refractivity contribution in [3.63, 3.8) is 0 Å². The van der Waals surface area contributed by atoms with Gasteiger partial charge in [-0.2, -0.15) is 0 Å². The summed E-state index contributed by atoms with van der Waals surface area (Å²) in [6.07, 6.45) is 6.39. The van der Waals surface area contributed by atoms with Gasteiger partial charge in [0.05, 0.1) is 5.41 Å². The number of hydrogen-bond acceptors (Lipinski definition) is 1. The van der Waals surface area contributed by atoms with E-state index in [1.165, 1.54) is 36.0 Å². The first-order chi connectivity index (χ1) is 9.92. The molecule has 2 heteroatoms. The molecule has 0 amide bonds. The lowest BCUT2D eigenvalue weighted by Gasteiger charge is -2.60. The lowest BCUT2D eigenvalue weighted by atomic mass is 9.43. The number of carboxylic acids is 1. The van der Waals surface area contributed by atoms with Crippen LogP contribution in [0.25, 0.3) is 0 Å². The minimum absolute atomic E-state index is 0.140. The van der Waals surface area contributed by atoms with E-state index < -0.39 is 11.4 Å². The molecule has 2 unspecified atom stereocenters. The maximum Gasteiger partial charge on any atom is 0.309 e. The smallest absolute Gasteiger partial charge is 0.309 e. The second kappa shape index (κ2) is 4.12. The van der Waals surface area contributed by atoms with Crippen LogP contribution in [0.4, 0.5) is 0 Å². The van der Waals surface area contributed by atoms with Gasteiger partial charge in [0.15, 0.2) is 0 Å². The van der Waals surface area contributed by atoms with E-state index in [0.717, 1.165) is 19.3 Å². The average molecular weight is 284 g/mol. The summed E-state index contributed by atoms with van der Waals surface area (Å²) in [6.45, 7) is 4.32. The molecule has 112 valence electrons. The summed E-state index contributed by atoms with van der Waals surface area (Å²) < 4.78 is 0. The van der Waals surface area contributed by atoms with E-state index >= 15 is 0 Å². The number of hydrogen-bond donors (Lipinski definition) is 1. The zero-order chi connectivity index (χ0) is 14.8. The molecule has 4 atom stereocenters. The fourth-order valence-corrected chi connectivity index (χ4v) is 5.92. The van der Waals surface area contributed by atoms with E-state index in [1.807, 2.05) is 0 Å². The van der Waals surface area contributed by atoms with Crippen molar-refractivity contribution in [2.75, 3.05) is 0 Å². The molecule has 1 aromatic carbocycles. The standard InChI is InChI=1S/C19H24O2/c1-12-3-4-16(5-13(12)2)18-7-14-6-15(8-18)10-19(9-14,11-18)17(20)21/h3-5,14-15H,6-11H2,1-2H3,(H,20,21)/t14-,15+,18?,19?. The molecule has 0 spiro atoms. The SMILES string of the molecule is Cc1ccc(C23C[C@@H]4C[C@@H](CC(C(=O)O)(C4)C2)C3)cc1C. The number of aryl methyl sites for hydroxylation is 2. The Morgan fingerprint density at radius 3 is 2.33 bits per heavy atom. The van der Waals surface area contributed by atoms with Gasteiger partial charge in [0, 0.05) is 0 Å². The molecule has 0 heterocycles. The molecule has 5 rings (SSSR count). The lowest BCUT2D eigenvalue weighted by Crippen LogP contribution is -2.56. The minimum Gasteiger partial charge on any atom is -0.481 e. The van der Waals surface area contributed by atoms with Gasteiger partial charge < -0.3 is 5.11 Å². The van der Waals surface area contributed by atoms with E-state index in [2.05, 4.69) is 32.0 Å². The van der Waals surface area contributed by atoms with Gasteiger partial charge in [-0.1, -0.05) is 18.2 Å². The van der Waals surface area contributed by atoms with E-state index in [1.54, 1.807) is 0 Å². The summed E-state index contributed by atoms with van der Waals surface area (Å²) in [4.78, 5) is 11.9.